The summed E-state index contributed by atoms with van der Waals surface area (Å²) in [6.45, 7) is 0. The minimum Gasteiger partial charge on any atom is -0.263 e. The molecule has 34 heavy (non-hydrogen) atoms. The molecule has 1 heterocycles. The molecular formula is C32H20N2. The van der Waals surface area contributed by atoms with E-state index in [1.54, 1.807) is 12.4 Å². The lowest BCUT2D eigenvalue weighted by molar-refractivity contribution is 1.30. The summed E-state index contributed by atoms with van der Waals surface area (Å²) in [5.41, 5.74) is 7.34. The summed E-state index contributed by atoms with van der Waals surface area (Å²) in [5, 5.41) is 14.2. The molecule has 0 radical (unpaired) electrons. The van der Waals surface area contributed by atoms with Gasteiger partial charge in [-0.25, -0.2) is 0 Å². The second-order valence-electron chi connectivity index (χ2n) is 8.43. The van der Waals surface area contributed by atoms with Crippen molar-refractivity contribution in [3.63, 3.8) is 0 Å². The summed E-state index contributed by atoms with van der Waals surface area (Å²) in [7, 11) is 0. The Morgan fingerprint density at radius 3 is 2.00 bits per heavy atom. The molecule has 2 heteroatoms. The summed E-state index contributed by atoms with van der Waals surface area (Å²) in [4.78, 5) is 4.21. The zero-order valence-corrected chi connectivity index (χ0v) is 18.4. The van der Waals surface area contributed by atoms with Gasteiger partial charge in [0.2, 0.25) is 0 Å². The maximum Gasteiger partial charge on any atom is 0.101 e. The predicted octanol–water partition coefficient (Wildman–Crippen LogP) is 8.26. The topological polar surface area (TPSA) is 36.7 Å². The quantitative estimate of drug-likeness (QED) is 0.264. The number of hydrogen-bond donors (Lipinski definition) is 0. The molecule has 0 spiro atoms. The molecule has 0 N–H and O–H groups in total. The van der Waals surface area contributed by atoms with E-state index in [0.29, 0.717) is 5.56 Å². The number of aromatic nitrogens is 1. The Hall–Kier alpha value is -4.74. The van der Waals surface area contributed by atoms with Gasteiger partial charge in [-0.05, 0) is 67.6 Å². The summed E-state index contributed by atoms with van der Waals surface area (Å²) in [6, 6.07) is 40.7. The Morgan fingerprint density at radius 1 is 0.529 bits per heavy atom. The van der Waals surface area contributed by atoms with Gasteiger partial charge in [-0.2, -0.15) is 5.26 Å². The van der Waals surface area contributed by atoms with Gasteiger partial charge in [0.1, 0.15) is 6.07 Å². The second-order valence-corrected chi connectivity index (χ2v) is 8.43. The van der Waals surface area contributed by atoms with E-state index in [-0.39, 0.29) is 0 Å². The van der Waals surface area contributed by atoms with Gasteiger partial charge in [-0.15, -0.1) is 0 Å². The standard InChI is InChI=1S/C32H20N2/c33-19-22-16-29(21-34-20-22)23-10-12-25(13-11-23)32-30(24-6-2-1-3-7-24)15-14-28-17-26-8-4-5-9-27(26)18-31(28)32/h1-18,20-21H. The van der Waals surface area contributed by atoms with Crippen LogP contribution in [0.3, 0.4) is 0 Å². The normalized spacial score (nSPS) is 10.9. The predicted molar refractivity (Wildman–Crippen MR) is 140 cm³/mol. The minimum absolute atomic E-state index is 0.564. The van der Waals surface area contributed by atoms with Crippen LogP contribution < -0.4 is 0 Å². The van der Waals surface area contributed by atoms with Crippen LogP contribution in [0.4, 0.5) is 0 Å². The van der Waals surface area contributed by atoms with Crippen molar-refractivity contribution >= 4 is 21.5 Å². The van der Waals surface area contributed by atoms with Crippen molar-refractivity contribution in [2.24, 2.45) is 0 Å². The summed E-state index contributed by atoms with van der Waals surface area (Å²) < 4.78 is 0. The van der Waals surface area contributed by atoms with Gasteiger partial charge in [0.15, 0.2) is 0 Å². The van der Waals surface area contributed by atoms with E-state index in [9.17, 15) is 5.26 Å². The van der Waals surface area contributed by atoms with Crippen LogP contribution in [0.2, 0.25) is 0 Å². The zero-order valence-electron chi connectivity index (χ0n) is 18.4. The number of nitrogens with zero attached hydrogens (tertiary/aromatic N) is 2. The molecule has 0 amide bonds. The molecule has 0 saturated heterocycles. The molecule has 6 aromatic rings. The van der Waals surface area contributed by atoms with Crippen molar-refractivity contribution in [2.75, 3.05) is 0 Å². The van der Waals surface area contributed by atoms with Crippen molar-refractivity contribution in [2.45, 2.75) is 0 Å². The third-order valence-corrected chi connectivity index (χ3v) is 6.35. The minimum atomic E-state index is 0.564. The molecule has 158 valence electrons. The Balaban J connectivity index is 1.58. The lowest BCUT2D eigenvalue weighted by Gasteiger charge is -2.16. The van der Waals surface area contributed by atoms with Gasteiger partial charge in [0.25, 0.3) is 0 Å². The Morgan fingerprint density at radius 2 is 1.24 bits per heavy atom. The molecule has 5 aromatic carbocycles. The van der Waals surface area contributed by atoms with Crippen LogP contribution in [-0.4, -0.2) is 4.98 Å². The zero-order chi connectivity index (χ0) is 22.9. The molecule has 0 bridgehead atoms. The van der Waals surface area contributed by atoms with Crippen LogP contribution in [0.25, 0.3) is 54.9 Å². The summed E-state index contributed by atoms with van der Waals surface area (Å²) in [6.07, 6.45) is 3.39. The number of nitriles is 1. The first kappa shape index (κ1) is 19.9. The Kier molecular flexibility index (Phi) is 4.87. The van der Waals surface area contributed by atoms with E-state index in [0.717, 1.165) is 16.7 Å². The lowest BCUT2D eigenvalue weighted by Crippen LogP contribution is -1.89. The van der Waals surface area contributed by atoms with Crippen LogP contribution in [0, 0.1) is 11.3 Å². The largest absolute Gasteiger partial charge is 0.263 e. The molecule has 0 atom stereocenters. The van der Waals surface area contributed by atoms with E-state index < -0.39 is 0 Å². The molecule has 0 saturated carbocycles. The third kappa shape index (κ3) is 3.50. The SMILES string of the molecule is N#Cc1cncc(-c2ccc(-c3c(-c4ccccc4)ccc4cc5ccccc5cc34)cc2)c1. The highest BCUT2D eigenvalue weighted by Crippen LogP contribution is 2.40. The van der Waals surface area contributed by atoms with Crippen molar-refractivity contribution in [3.05, 3.63) is 127 Å². The van der Waals surface area contributed by atoms with E-state index in [4.69, 9.17) is 0 Å². The number of rotatable bonds is 3. The smallest absolute Gasteiger partial charge is 0.101 e. The molecule has 0 unspecified atom stereocenters. The fourth-order valence-corrected chi connectivity index (χ4v) is 4.67. The Labute approximate surface area is 198 Å². The van der Waals surface area contributed by atoms with Gasteiger partial charge in [-0.3, -0.25) is 4.98 Å². The van der Waals surface area contributed by atoms with Crippen molar-refractivity contribution in [1.29, 1.82) is 5.26 Å². The average Bonchev–Trinajstić information content (AvgIpc) is 2.92. The first-order valence-electron chi connectivity index (χ1n) is 11.3. The molecule has 1 aromatic heterocycles. The van der Waals surface area contributed by atoms with Crippen molar-refractivity contribution in [3.8, 4) is 39.4 Å². The average molecular weight is 433 g/mol. The van der Waals surface area contributed by atoms with E-state index in [1.807, 2.05) is 6.07 Å². The van der Waals surface area contributed by atoms with Crippen molar-refractivity contribution < 1.29 is 0 Å². The van der Waals surface area contributed by atoms with Gasteiger partial charge < -0.3 is 0 Å². The molecular weight excluding hydrogens is 412 g/mol. The highest BCUT2D eigenvalue weighted by atomic mass is 14.6. The van der Waals surface area contributed by atoms with Crippen molar-refractivity contribution in [1.82, 2.24) is 4.98 Å². The summed E-state index contributed by atoms with van der Waals surface area (Å²) >= 11 is 0. The van der Waals surface area contributed by atoms with E-state index in [2.05, 4.69) is 114 Å². The van der Waals surface area contributed by atoms with Gasteiger partial charge in [0, 0.05) is 18.0 Å². The monoisotopic (exact) mass is 432 g/mol. The Bertz CT molecular complexity index is 1690. The maximum atomic E-state index is 9.23. The van der Waals surface area contributed by atoms with Gasteiger partial charge in [0.05, 0.1) is 5.56 Å². The number of hydrogen-bond acceptors (Lipinski definition) is 2. The molecule has 0 aliphatic rings. The van der Waals surface area contributed by atoms with Crippen LogP contribution in [0.15, 0.2) is 122 Å². The highest BCUT2D eigenvalue weighted by Gasteiger charge is 2.13. The molecule has 0 fully saturated rings. The fourth-order valence-electron chi connectivity index (χ4n) is 4.67. The van der Waals surface area contributed by atoms with Gasteiger partial charge >= 0.3 is 0 Å². The van der Waals surface area contributed by atoms with Gasteiger partial charge in [-0.1, -0.05) is 91.0 Å². The van der Waals surface area contributed by atoms with Crippen LogP contribution in [0.5, 0.6) is 0 Å². The molecule has 0 aliphatic heterocycles. The maximum absolute atomic E-state index is 9.23. The molecule has 0 aliphatic carbocycles. The summed E-state index contributed by atoms with van der Waals surface area (Å²) in [5.74, 6) is 0. The second kappa shape index (κ2) is 8.31. The molecule has 2 nitrogen and oxygen atoms in total. The number of fused-ring (bicyclic) bond motifs is 2. The highest BCUT2D eigenvalue weighted by molar-refractivity contribution is 6.09. The van der Waals surface area contributed by atoms with Crippen LogP contribution >= 0.6 is 0 Å². The fraction of sp³-hybridized carbons (Fsp3) is 0. The lowest BCUT2D eigenvalue weighted by atomic mass is 9.88. The first-order chi connectivity index (χ1) is 16.8. The van der Waals surface area contributed by atoms with E-state index >= 15 is 0 Å². The third-order valence-electron chi connectivity index (χ3n) is 6.35. The number of benzene rings is 5. The van der Waals surface area contributed by atoms with E-state index in [1.165, 1.54) is 38.2 Å². The number of pyridine rings is 1. The van der Waals surface area contributed by atoms with Crippen LogP contribution in [0.1, 0.15) is 5.56 Å². The first-order valence-corrected chi connectivity index (χ1v) is 11.3. The van der Waals surface area contributed by atoms with Crippen LogP contribution in [-0.2, 0) is 0 Å². The molecule has 6 rings (SSSR count).